The summed E-state index contributed by atoms with van der Waals surface area (Å²) >= 11 is 0. The van der Waals surface area contributed by atoms with E-state index in [4.69, 9.17) is 4.74 Å². The van der Waals surface area contributed by atoms with Crippen LogP contribution in [0.1, 0.15) is 10.4 Å². The lowest BCUT2D eigenvalue weighted by Gasteiger charge is -2.08. The molecule has 160 valence electrons. The van der Waals surface area contributed by atoms with Crippen molar-refractivity contribution in [2.24, 2.45) is 0 Å². The first kappa shape index (κ1) is 20.7. The molecular formula is C22H16FN5O4. The first-order valence-corrected chi connectivity index (χ1v) is 9.38. The molecule has 0 aliphatic rings. The number of methoxy groups -OCH3 is 1. The molecule has 3 aromatic carbocycles. The standard InChI is InChI=1S/C22H16FN5O4/c1-32-22-25-20(14-5-7-16(23)8-6-14)27(26-22)18-11-9-17(10-12-18)24-21(29)15-3-2-4-19(13-15)28(30)31/h2-13H,1H3,(H,24,29). The molecule has 0 radical (unpaired) electrons. The van der Waals surface area contributed by atoms with Gasteiger partial charge in [0.1, 0.15) is 5.82 Å². The van der Waals surface area contributed by atoms with Crippen LogP contribution in [-0.2, 0) is 0 Å². The van der Waals surface area contributed by atoms with Crippen molar-refractivity contribution in [3.63, 3.8) is 0 Å². The molecule has 0 atom stereocenters. The van der Waals surface area contributed by atoms with Gasteiger partial charge in [0.05, 0.1) is 17.7 Å². The Kier molecular flexibility index (Phi) is 5.58. The maximum absolute atomic E-state index is 13.3. The molecule has 0 fully saturated rings. The fourth-order valence-electron chi connectivity index (χ4n) is 3.00. The highest BCUT2D eigenvalue weighted by atomic mass is 19.1. The monoisotopic (exact) mass is 433 g/mol. The zero-order valence-electron chi connectivity index (χ0n) is 16.7. The number of nitrogens with zero attached hydrogens (tertiary/aromatic N) is 4. The van der Waals surface area contributed by atoms with Crippen molar-refractivity contribution in [2.75, 3.05) is 12.4 Å². The van der Waals surface area contributed by atoms with E-state index < -0.39 is 10.8 Å². The van der Waals surface area contributed by atoms with E-state index in [2.05, 4.69) is 15.4 Å². The number of nitro groups is 1. The van der Waals surface area contributed by atoms with Crippen molar-refractivity contribution >= 4 is 17.3 Å². The van der Waals surface area contributed by atoms with Crippen LogP contribution in [0.25, 0.3) is 17.1 Å². The summed E-state index contributed by atoms with van der Waals surface area (Å²) < 4.78 is 20.0. The number of nitro benzene ring substituents is 1. The molecule has 0 saturated heterocycles. The van der Waals surface area contributed by atoms with Crippen molar-refractivity contribution in [3.8, 4) is 23.1 Å². The van der Waals surface area contributed by atoms with Gasteiger partial charge in [-0.25, -0.2) is 9.07 Å². The van der Waals surface area contributed by atoms with Crippen LogP contribution in [0.2, 0.25) is 0 Å². The third-order valence-corrected chi connectivity index (χ3v) is 4.56. The summed E-state index contributed by atoms with van der Waals surface area (Å²) in [7, 11) is 1.45. The van der Waals surface area contributed by atoms with Gasteiger partial charge >= 0.3 is 6.01 Å². The average molecular weight is 433 g/mol. The van der Waals surface area contributed by atoms with Gasteiger partial charge < -0.3 is 10.1 Å². The summed E-state index contributed by atoms with van der Waals surface area (Å²) in [5, 5.41) is 17.9. The Morgan fingerprint density at radius 2 is 1.81 bits per heavy atom. The van der Waals surface area contributed by atoms with Gasteiger partial charge in [-0.3, -0.25) is 14.9 Å². The second kappa shape index (κ2) is 8.64. The average Bonchev–Trinajstić information content (AvgIpc) is 3.24. The van der Waals surface area contributed by atoms with Crippen LogP contribution >= 0.6 is 0 Å². The quantitative estimate of drug-likeness (QED) is 0.359. The smallest absolute Gasteiger partial charge is 0.336 e. The molecule has 1 heterocycles. The van der Waals surface area contributed by atoms with Crippen LogP contribution in [0.15, 0.2) is 72.8 Å². The van der Waals surface area contributed by atoms with Crippen LogP contribution in [0.4, 0.5) is 15.8 Å². The minimum Gasteiger partial charge on any atom is -0.466 e. The molecule has 4 aromatic rings. The van der Waals surface area contributed by atoms with E-state index in [1.807, 2.05) is 0 Å². The van der Waals surface area contributed by atoms with E-state index in [1.54, 1.807) is 36.4 Å². The van der Waals surface area contributed by atoms with Crippen LogP contribution in [-0.4, -0.2) is 32.7 Å². The lowest BCUT2D eigenvalue weighted by atomic mass is 10.2. The van der Waals surface area contributed by atoms with Crippen molar-refractivity contribution in [2.45, 2.75) is 0 Å². The molecule has 1 amide bonds. The predicted molar refractivity (Wildman–Crippen MR) is 114 cm³/mol. The molecule has 1 aromatic heterocycles. The number of rotatable bonds is 6. The molecule has 0 saturated carbocycles. The number of carbonyl (C=O) groups is 1. The molecule has 0 aliphatic heterocycles. The van der Waals surface area contributed by atoms with Gasteiger partial charge in [-0.15, -0.1) is 5.10 Å². The molecule has 32 heavy (non-hydrogen) atoms. The molecule has 0 unspecified atom stereocenters. The summed E-state index contributed by atoms with van der Waals surface area (Å²) in [5.41, 5.74) is 1.77. The van der Waals surface area contributed by atoms with Crippen LogP contribution < -0.4 is 10.1 Å². The second-order valence-electron chi connectivity index (χ2n) is 6.65. The van der Waals surface area contributed by atoms with E-state index in [9.17, 15) is 19.3 Å². The van der Waals surface area contributed by atoms with Gasteiger partial charge in [0, 0.05) is 28.9 Å². The summed E-state index contributed by atoms with van der Waals surface area (Å²) in [4.78, 5) is 27.1. The number of amides is 1. The number of hydrogen-bond donors (Lipinski definition) is 1. The molecule has 10 heteroatoms. The van der Waals surface area contributed by atoms with E-state index in [1.165, 1.54) is 48.2 Å². The molecule has 9 nitrogen and oxygen atoms in total. The highest BCUT2D eigenvalue weighted by molar-refractivity contribution is 6.04. The van der Waals surface area contributed by atoms with Gasteiger partial charge in [-0.1, -0.05) is 6.07 Å². The van der Waals surface area contributed by atoms with E-state index in [0.717, 1.165) is 0 Å². The first-order valence-electron chi connectivity index (χ1n) is 9.38. The van der Waals surface area contributed by atoms with Crippen molar-refractivity contribution in [1.82, 2.24) is 14.8 Å². The third-order valence-electron chi connectivity index (χ3n) is 4.56. The van der Waals surface area contributed by atoms with Gasteiger partial charge in [0.15, 0.2) is 5.82 Å². The number of halogens is 1. The number of anilines is 1. The SMILES string of the molecule is COc1nc(-c2ccc(F)cc2)n(-c2ccc(NC(=O)c3cccc([N+](=O)[O-])c3)cc2)n1. The van der Waals surface area contributed by atoms with Crippen LogP contribution in [0.5, 0.6) is 6.01 Å². The number of nitrogens with one attached hydrogen (secondary N) is 1. The Hall–Kier alpha value is -4.60. The van der Waals surface area contributed by atoms with Crippen molar-refractivity contribution < 1.29 is 18.8 Å². The summed E-state index contributed by atoms with van der Waals surface area (Å²) in [6.07, 6.45) is 0. The number of ether oxygens (including phenoxy) is 1. The van der Waals surface area contributed by atoms with Crippen molar-refractivity contribution in [3.05, 3.63) is 94.3 Å². The molecule has 0 bridgehead atoms. The largest absolute Gasteiger partial charge is 0.466 e. The number of non-ortho nitro benzene ring substituents is 1. The van der Waals surface area contributed by atoms with E-state index in [-0.39, 0.29) is 23.1 Å². The zero-order chi connectivity index (χ0) is 22.7. The Bertz CT molecular complexity index is 1290. The Labute approximate surface area is 181 Å². The fraction of sp³-hybridized carbons (Fsp3) is 0.0455. The minimum atomic E-state index is -0.559. The number of aromatic nitrogens is 3. The van der Waals surface area contributed by atoms with Crippen LogP contribution in [0.3, 0.4) is 0 Å². The Morgan fingerprint density at radius 3 is 2.47 bits per heavy atom. The van der Waals surface area contributed by atoms with Gasteiger partial charge in [0.25, 0.3) is 11.6 Å². The predicted octanol–water partition coefficient (Wildman–Crippen LogP) is 4.24. The van der Waals surface area contributed by atoms with Gasteiger partial charge in [-0.2, -0.15) is 4.98 Å². The van der Waals surface area contributed by atoms with Crippen molar-refractivity contribution in [1.29, 1.82) is 0 Å². The molecule has 0 spiro atoms. The fourth-order valence-corrected chi connectivity index (χ4v) is 3.00. The maximum atomic E-state index is 13.3. The molecular weight excluding hydrogens is 417 g/mol. The van der Waals surface area contributed by atoms with E-state index >= 15 is 0 Å². The Balaban J connectivity index is 1.58. The lowest BCUT2D eigenvalue weighted by Crippen LogP contribution is -2.12. The topological polar surface area (TPSA) is 112 Å². The summed E-state index contributed by atoms with van der Waals surface area (Å²) in [5.74, 6) is -0.387. The number of benzene rings is 3. The van der Waals surface area contributed by atoms with Gasteiger partial charge in [-0.05, 0) is 54.6 Å². The normalized spacial score (nSPS) is 10.6. The highest BCUT2D eigenvalue weighted by Crippen LogP contribution is 2.25. The van der Waals surface area contributed by atoms with E-state index in [0.29, 0.717) is 22.8 Å². The second-order valence-corrected chi connectivity index (χ2v) is 6.65. The Morgan fingerprint density at radius 1 is 1.09 bits per heavy atom. The maximum Gasteiger partial charge on any atom is 0.336 e. The first-order chi connectivity index (χ1) is 15.4. The number of carbonyl (C=O) groups excluding carboxylic acids is 1. The highest BCUT2D eigenvalue weighted by Gasteiger charge is 2.15. The zero-order valence-corrected chi connectivity index (χ0v) is 16.7. The molecule has 0 aliphatic carbocycles. The molecule has 4 rings (SSSR count). The molecule has 1 N–H and O–H groups in total. The third kappa shape index (κ3) is 4.29. The summed E-state index contributed by atoms with van der Waals surface area (Å²) in [6, 6.07) is 18.2. The van der Waals surface area contributed by atoms with Gasteiger partial charge in [0.2, 0.25) is 0 Å². The lowest BCUT2D eigenvalue weighted by molar-refractivity contribution is -0.384. The summed E-state index contributed by atoms with van der Waals surface area (Å²) in [6.45, 7) is 0. The van der Waals surface area contributed by atoms with Crippen LogP contribution in [0, 0.1) is 15.9 Å². The number of hydrogen-bond acceptors (Lipinski definition) is 6. The minimum absolute atomic E-state index is 0.146.